The first-order valence-electron chi connectivity index (χ1n) is 7.20. The Morgan fingerprint density at radius 1 is 1.10 bits per heavy atom. The van der Waals surface area contributed by atoms with E-state index in [9.17, 15) is 9.59 Å². The van der Waals surface area contributed by atoms with Gasteiger partial charge >= 0.3 is 0 Å². The maximum Gasteiger partial charge on any atom is 0.260 e. The van der Waals surface area contributed by atoms with Gasteiger partial charge in [-0.15, -0.1) is 0 Å². The number of ether oxygens (including phenoxy) is 1. The fourth-order valence-electron chi connectivity index (χ4n) is 2.46. The number of carbonyl (C=O) groups is 2. The molecule has 0 aromatic heterocycles. The highest BCUT2D eigenvalue weighted by atomic mass is 16.5. The van der Waals surface area contributed by atoms with Crippen LogP contribution in [-0.4, -0.2) is 54.4 Å². The Balaban J connectivity index is 1.84. The fraction of sp³-hybridized carbons (Fsp3) is 0.500. The lowest BCUT2D eigenvalue weighted by molar-refractivity contribution is -0.139. The Bertz CT molecular complexity index is 534. The molecule has 21 heavy (non-hydrogen) atoms. The second-order valence-corrected chi connectivity index (χ2v) is 5.44. The number of piperazine rings is 1. The first-order chi connectivity index (χ1) is 9.97. The van der Waals surface area contributed by atoms with Gasteiger partial charge in [0.05, 0.1) is 0 Å². The van der Waals surface area contributed by atoms with Gasteiger partial charge in [0.25, 0.3) is 5.91 Å². The number of amides is 2. The first kappa shape index (κ1) is 15.4. The Kier molecular flexibility index (Phi) is 4.83. The van der Waals surface area contributed by atoms with Crippen LogP contribution < -0.4 is 4.74 Å². The van der Waals surface area contributed by atoms with Gasteiger partial charge in [0, 0.05) is 33.1 Å². The quantitative estimate of drug-likeness (QED) is 0.845. The van der Waals surface area contributed by atoms with Crippen molar-refractivity contribution in [3.8, 4) is 5.75 Å². The molecule has 0 bridgehead atoms. The van der Waals surface area contributed by atoms with Gasteiger partial charge in [0.1, 0.15) is 5.75 Å². The van der Waals surface area contributed by atoms with Crippen molar-refractivity contribution >= 4 is 11.8 Å². The third kappa shape index (κ3) is 3.97. The number of hydrogen-bond donors (Lipinski definition) is 0. The zero-order valence-corrected chi connectivity index (χ0v) is 12.9. The van der Waals surface area contributed by atoms with Gasteiger partial charge in [-0.2, -0.15) is 0 Å². The van der Waals surface area contributed by atoms with Gasteiger partial charge in [-0.3, -0.25) is 9.59 Å². The summed E-state index contributed by atoms with van der Waals surface area (Å²) in [6.45, 7) is 7.96. The van der Waals surface area contributed by atoms with Crippen LogP contribution in [0.1, 0.15) is 18.1 Å². The molecule has 0 atom stereocenters. The van der Waals surface area contributed by atoms with Crippen LogP contribution in [0, 0.1) is 13.8 Å². The Hall–Kier alpha value is -2.04. The van der Waals surface area contributed by atoms with E-state index in [1.807, 2.05) is 32.0 Å². The summed E-state index contributed by atoms with van der Waals surface area (Å²) in [6, 6.07) is 5.90. The van der Waals surface area contributed by atoms with Crippen molar-refractivity contribution in [1.29, 1.82) is 0 Å². The van der Waals surface area contributed by atoms with Gasteiger partial charge in [0.15, 0.2) is 6.61 Å². The molecule has 1 aromatic carbocycles. The summed E-state index contributed by atoms with van der Waals surface area (Å²) in [5, 5.41) is 0. The van der Waals surface area contributed by atoms with Gasteiger partial charge in [-0.1, -0.05) is 17.7 Å². The second-order valence-electron chi connectivity index (χ2n) is 5.44. The molecule has 1 fully saturated rings. The molecule has 2 amide bonds. The lowest BCUT2D eigenvalue weighted by Gasteiger charge is -2.34. The molecule has 0 unspecified atom stereocenters. The van der Waals surface area contributed by atoms with Gasteiger partial charge in [0.2, 0.25) is 5.91 Å². The predicted octanol–water partition coefficient (Wildman–Crippen LogP) is 1.37. The maximum atomic E-state index is 12.1. The van der Waals surface area contributed by atoms with E-state index in [0.717, 1.165) is 11.3 Å². The molecule has 5 nitrogen and oxygen atoms in total. The molecule has 1 heterocycles. The molecular formula is C16H22N2O3. The van der Waals surface area contributed by atoms with E-state index in [2.05, 4.69) is 0 Å². The van der Waals surface area contributed by atoms with E-state index in [1.54, 1.807) is 16.7 Å². The summed E-state index contributed by atoms with van der Waals surface area (Å²) < 4.78 is 5.61. The number of hydrogen-bond acceptors (Lipinski definition) is 3. The predicted molar refractivity (Wildman–Crippen MR) is 80.2 cm³/mol. The zero-order chi connectivity index (χ0) is 15.4. The first-order valence-corrected chi connectivity index (χ1v) is 7.20. The SMILES string of the molecule is CC(=O)N1CCN(C(=O)COc2ccc(C)cc2C)CC1. The molecule has 0 saturated carbocycles. The van der Waals surface area contributed by atoms with E-state index >= 15 is 0 Å². The van der Waals surface area contributed by atoms with Crippen LogP contribution in [-0.2, 0) is 9.59 Å². The Morgan fingerprint density at radius 2 is 1.71 bits per heavy atom. The van der Waals surface area contributed by atoms with E-state index in [-0.39, 0.29) is 18.4 Å². The molecule has 1 aliphatic heterocycles. The van der Waals surface area contributed by atoms with Crippen LogP contribution in [0.5, 0.6) is 5.75 Å². The molecule has 5 heteroatoms. The highest BCUT2D eigenvalue weighted by molar-refractivity contribution is 5.78. The molecule has 0 spiro atoms. The summed E-state index contributed by atoms with van der Waals surface area (Å²) in [5.41, 5.74) is 2.20. The van der Waals surface area contributed by atoms with Crippen molar-refractivity contribution in [2.24, 2.45) is 0 Å². The number of rotatable bonds is 3. The van der Waals surface area contributed by atoms with E-state index in [4.69, 9.17) is 4.74 Å². The largest absolute Gasteiger partial charge is 0.484 e. The molecule has 0 N–H and O–H groups in total. The van der Waals surface area contributed by atoms with Crippen LogP contribution in [0.15, 0.2) is 18.2 Å². The molecule has 0 aliphatic carbocycles. The number of aryl methyl sites for hydroxylation is 2. The average Bonchev–Trinajstić information content (AvgIpc) is 2.46. The third-order valence-corrected chi connectivity index (χ3v) is 3.76. The zero-order valence-electron chi connectivity index (χ0n) is 12.9. The van der Waals surface area contributed by atoms with E-state index in [1.165, 1.54) is 5.56 Å². The van der Waals surface area contributed by atoms with Crippen molar-refractivity contribution in [2.45, 2.75) is 20.8 Å². The third-order valence-electron chi connectivity index (χ3n) is 3.76. The van der Waals surface area contributed by atoms with Crippen LogP contribution in [0.4, 0.5) is 0 Å². The van der Waals surface area contributed by atoms with Crippen LogP contribution in [0.25, 0.3) is 0 Å². The number of benzene rings is 1. The standard InChI is InChI=1S/C16H22N2O3/c1-12-4-5-15(13(2)10-12)21-11-16(20)18-8-6-17(7-9-18)14(3)19/h4-5,10H,6-9,11H2,1-3H3. The monoisotopic (exact) mass is 290 g/mol. The normalized spacial score (nSPS) is 15.0. The molecular weight excluding hydrogens is 268 g/mol. The van der Waals surface area contributed by atoms with Crippen molar-refractivity contribution < 1.29 is 14.3 Å². The molecule has 114 valence electrons. The second kappa shape index (κ2) is 6.61. The summed E-state index contributed by atoms with van der Waals surface area (Å²) in [4.78, 5) is 26.9. The molecule has 1 aliphatic rings. The Labute approximate surface area is 125 Å². The van der Waals surface area contributed by atoms with Gasteiger partial charge < -0.3 is 14.5 Å². The highest BCUT2D eigenvalue weighted by Crippen LogP contribution is 2.18. The lowest BCUT2D eigenvalue weighted by atomic mass is 10.1. The summed E-state index contributed by atoms with van der Waals surface area (Å²) in [6.07, 6.45) is 0. The highest BCUT2D eigenvalue weighted by Gasteiger charge is 2.22. The van der Waals surface area contributed by atoms with Gasteiger partial charge in [-0.25, -0.2) is 0 Å². The summed E-state index contributed by atoms with van der Waals surface area (Å²) in [5.74, 6) is 0.781. The van der Waals surface area contributed by atoms with E-state index in [0.29, 0.717) is 26.2 Å². The topological polar surface area (TPSA) is 49.9 Å². The fourth-order valence-corrected chi connectivity index (χ4v) is 2.46. The molecule has 1 saturated heterocycles. The minimum Gasteiger partial charge on any atom is -0.484 e. The molecule has 2 rings (SSSR count). The van der Waals surface area contributed by atoms with Crippen LogP contribution in [0.2, 0.25) is 0 Å². The molecule has 1 aromatic rings. The van der Waals surface area contributed by atoms with Crippen molar-refractivity contribution in [2.75, 3.05) is 32.8 Å². The maximum absolute atomic E-state index is 12.1. The Morgan fingerprint density at radius 3 is 2.29 bits per heavy atom. The number of nitrogens with zero attached hydrogens (tertiary/aromatic N) is 2. The van der Waals surface area contributed by atoms with Gasteiger partial charge in [-0.05, 0) is 25.5 Å². The van der Waals surface area contributed by atoms with Crippen LogP contribution in [0.3, 0.4) is 0 Å². The smallest absolute Gasteiger partial charge is 0.260 e. The van der Waals surface area contributed by atoms with Crippen molar-refractivity contribution in [3.63, 3.8) is 0 Å². The summed E-state index contributed by atoms with van der Waals surface area (Å²) >= 11 is 0. The lowest BCUT2D eigenvalue weighted by Crippen LogP contribution is -2.51. The van der Waals surface area contributed by atoms with Crippen molar-refractivity contribution in [1.82, 2.24) is 9.80 Å². The summed E-state index contributed by atoms with van der Waals surface area (Å²) in [7, 11) is 0. The minimum absolute atomic E-state index is 0.0295. The van der Waals surface area contributed by atoms with Crippen LogP contribution >= 0.6 is 0 Å². The van der Waals surface area contributed by atoms with Crippen molar-refractivity contribution in [3.05, 3.63) is 29.3 Å². The minimum atomic E-state index is -0.0295. The average molecular weight is 290 g/mol. The van der Waals surface area contributed by atoms with E-state index < -0.39 is 0 Å². The number of carbonyl (C=O) groups excluding carboxylic acids is 2. The molecule has 0 radical (unpaired) electrons.